The molecule has 7 heteroatoms. The first-order chi connectivity index (χ1) is 9.49. The minimum atomic E-state index is -0.0686. The number of hydrazone groups is 1. The van der Waals surface area contributed by atoms with Crippen molar-refractivity contribution in [3.05, 3.63) is 20.6 Å². The van der Waals surface area contributed by atoms with E-state index in [9.17, 15) is 10.2 Å². The molecule has 1 saturated heterocycles. The lowest BCUT2D eigenvalue weighted by atomic mass is 9.86. The number of nitrogens with zero attached hydrogens (tertiary/aromatic N) is 2. The molecule has 0 saturated carbocycles. The van der Waals surface area contributed by atoms with Crippen molar-refractivity contribution in [1.82, 2.24) is 10.3 Å². The van der Waals surface area contributed by atoms with Crippen molar-refractivity contribution in [2.24, 2.45) is 11.0 Å². The zero-order valence-electron chi connectivity index (χ0n) is 10.9. The molecule has 2 aliphatic heterocycles. The number of phenols is 2. The molecule has 3 N–H and O–H groups in total. The molecule has 0 radical (unpaired) electrons. The van der Waals surface area contributed by atoms with Crippen LogP contribution in [-0.4, -0.2) is 41.0 Å². The van der Waals surface area contributed by atoms with Gasteiger partial charge in [0.15, 0.2) is 0 Å². The van der Waals surface area contributed by atoms with E-state index in [1.54, 1.807) is 6.07 Å². The summed E-state index contributed by atoms with van der Waals surface area (Å²) in [6.07, 6.45) is 0.950. The molecular formula is C13H15Br2N3O2. The Labute approximate surface area is 133 Å². The van der Waals surface area contributed by atoms with Crippen LogP contribution < -0.4 is 5.43 Å². The van der Waals surface area contributed by atoms with E-state index in [0.29, 0.717) is 8.95 Å². The lowest BCUT2D eigenvalue weighted by Crippen LogP contribution is -2.39. The maximum absolute atomic E-state index is 10.3. The van der Waals surface area contributed by atoms with Crippen molar-refractivity contribution in [2.75, 3.05) is 20.1 Å². The number of hydrogen-bond donors (Lipinski definition) is 3. The van der Waals surface area contributed by atoms with Gasteiger partial charge in [0, 0.05) is 36.7 Å². The molecule has 2 heterocycles. The zero-order chi connectivity index (χ0) is 14.4. The Hall–Kier alpha value is -0.790. The number of nitrogens with one attached hydrogen (secondary N) is 1. The van der Waals surface area contributed by atoms with Crippen molar-refractivity contribution in [3.8, 4) is 11.5 Å². The number of benzene rings is 1. The second-order valence-electron chi connectivity index (χ2n) is 5.29. The summed E-state index contributed by atoms with van der Waals surface area (Å²) in [5, 5.41) is 24.5. The monoisotopic (exact) mass is 403 g/mol. The van der Waals surface area contributed by atoms with Crippen LogP contribution in [0.5, 0.6) is 11.5 Å². The molecule has 3 rings (SSSR count). The van der Waals surface area contributed by atoms with E-state index >= 15 is 0 Å². The van der Waals surface area contributed by atoms with E-state index in [4.69, 9.17) is 0 Å². The van der Waals surface area contributed by atoms with Gasteiger partial charge >= 0.3 is 0 Å². The summed E-state index contributed by atoms with van der Waals surface area (Å²) < 4.78 is 0.859. The highest BCUT2D eigenvalue weighted by molar-refractivity contribution is 9.11. The van der Waals surface area contributed by atoms with Crippen molar-refractivity contribution < 1.29 is 10.2 Å². The van der Waals surface area contributed by atoms with Crippen LogP contribution in [0.1, 0.15) is 18.0 Å². The van der Waals surface area contributed by atoms with Gasteiger partial charge in [0.1, 0.15) is 16.0 Å². The van der Waals surface area contributed by atoms with Crippen LogP contribution in [0.2, 0.25) is 0 Å². The third kappa shape index (κ3) is 2.21. The topological polar surface area (TPSA) is 68.1 Å². The molecule has 1 aromatic carbocycles. The molecule has 0 bridgehead atoms. The lowest BCUT2D eigenvalue weighted by molar-refractivity contribution is 0.270. The maximum atomic E-state index is 10.3. The van der Waals surface area contributed by atoms with Crippen LogP contribution >= 0.6 is 31.9 Å². The Morgan fingerprint density at radius 1 is 1.35 bits per heavy atom. The second kappa shape index (κ2) is 5.20. The van der Waals surface area contributed by atoms with Crippen molar-refractivity contribution in [1.29, 1.82) is 0 Å². The standard InChI is InChI=1S/C13H15Br2N3O2/c1-18-3-2-9-7(5-18)11(17-16-9)6-4-8(14)13(20)10(15)12(6)19/h4,7,11,17,19-20H,2-3,5H2,1H3. The minimum absolute atomic E-state index is 0.00570. The van der Waals surface area contributed by atoms with Crippen LogP contribution in [0.3, 0.4) is 0 Å². The van der Waals surface area contributed by atoms with Gasteiger partial charge < -0.3 is 20.5 Å². The second-order valence-corrected chi connectivity index (χ2v) is 6.93. The van der Waals surface area contributed by atoms with Crippen molar-refractivity contribution >= 4 is 37.6 Å². The van der Waals surface area contributed by atoms with Gasteiger partial charge in [-0.2, -0.15) is 5.10 Å². The van der Waals surface area contributed by atoms with Gasteiger partial charge in [0.2, 0.25) is 0 Å². The Morgan fingerprint density at radius 2 is 2.10 bits per heavy atom. The van der Waals surface area contributed by atoms with Crippen LogP contribution in [0.4, 0.5) is 0 Å². The predicted molar refractivity (Wildman–Crippen MR) is 84.1 cm³/mol. The molecular weight excluding hydrogens is 390 g/mol. The number of halogens is 2. The molecule has 0 aromatic heterocycles. The van der Waals surface area contributed by atoms with Gasteiger partial charge in [0.25, 0.3) is 0 Å². The molecule has 2 aliphatic rings. The van der Waals surface area contributed by atoms with Gasteiger partial charge in [-0.3, -0.25) is 0 Å². The summed E-state index contributed by atoms with van der Waals surface area (Å²) >= 11 is 6.53. The zero-order valence-corrected chi connectivity index (χ0v) is 14.1. The van der Waals surface area contributed by atoms with E-state index in [1.807, 2.05) is 0 Å². The summed E-state index contributed by atoms with van der Waals surface area (Å²) in [7, 11) is 2.09. The smallest absolute Gasteiger partial charge is 0.147 e. The van der Waals surface area contributed by atoms with Crippen LogP contribution in [0.15, 0.2) is 20.1 Å². The highest BCUT2D eigenvalue weighted by atomic mass is 79.9. The molecule has 0 spiro atoms. The largest absolute Gasteiger partial charge is 0.506 e. The Kier molecular flexibility index (Phi) is 3.68. The molecule has 108 valence electrons. The number of hydrogen-bond acceptors (Lipinski definition) is 5. The third-order valence-electron chi connectivity index (χ3n) is 3.97. The fraction of sp³-hybridized carbons (Fsp3) is 0.462. The van der Waals surface area contributed by atoms with Gasteiger partial charge in [-0.15, -0.1) is 0 Å². The summed E-state index contributed by atoms with van der Waals surface area (Å²) in [5.41, 5.74) is 5.02. The van der Waals surface area contributed by atoms with Crippen molar-refractivity contribution in [3.63, 3.8) is 0 Å². The van der Waals surface area contributed by atoms with E-state index in [-0.39, 0.29) is 23.5 Å². The Morgan fingerprint density at radius 3 is 2.85 bits per heavy atom. The third-order valence-corrected chi connectivity index (χ3v) is 5.32. The maximum Gasteiger partial charge on any atom is 0.147 e. The quantitative estimate of drug-likeness (QED) is 0.672. The van der Waals surface area contributed by atoms with Gasteiger partial charge in [-0.25, -0.2) is 0 Å². The minimum Gasteiger partial charge on any atom is -0.506 e. The highest BCUT2D eigenvalue weighted by Gasteiger charge is 2.38. The lowest BCUT2D eigenvalue weighted by Gasteiger charge is -2.31. The summed E-state index contributed by atoms with van der Waals surface area (Å²) in [4.78, 5) is 2.27. The molecule has 5 nitrogen and oxygen atoms in total. The Bertz CT molecular complexity index is 591. The van der Waals surface area contributed by atoms with E-state index in [0.717, 1.165) is 30.8 Å². The van der Waals surface area contributed by atoms with E-state index in [1.165, 1.54) is 0 Å². The number of piperidine rings is 1. The number of fused-ring (bicyclic) bond motifs is 1. The normalized spacial score (nSPS) is 26.1. The van der Waals surface area contributed by atoms with Gasteiger partial charge in [-0.1, -0.05) is 0 Å². The highest BCUT2D eigenvalue weighted by Crippen LogP contribution is 2.46. The average Bonchev–Trinajstić information content (AvgIpc) is 2.83. The summed E-state index contributed by atoms with van der Waals surface area (Å²) in [5.74, 6) is 0.321. The fourth-order valence-corrected chi connectivity index (χ4v) is 4.00. The van der Waals surface area contributed by atoms with Crippen LogP contribution in [-0.2, 0) is 0 Å². The molecule has 20 heavy (non-hydrogen) atoms. The first-order valence-corrected chi connectivity index (χ1v) is 7.98. The average molecular weight is 405 g/mol. The number of likely N-dealkylation sites (tertiary alicyclic amines) is 1. The molecule has 0 amide bonds. The number of rotatable bonds is 1. The van der Waals surface area contributed by atoms with E-state index < -0.39 is 0 Å². The van der Waals surface area contributed by atoms with Crippen molar-refractivity contribution in [2.45, 2.75) is 12.5 Å². The molecule has 1 fully saturated rings. The first kappa shape index (κ1) is 14.2. The van der Waals surface area contributed by atoms with Gasteiger partial charge in [-0.05, 0) is 45.0 Å². The Balaban J connectivity index is 1.98. The van der Waals surface area contributed by atoms with Crippen LogP contribution in [0.25, 0.3) is 0 Å². The SMILES string of the molecule is CN1CCC2=NNC(c3cc(Br)c(O)c(Br)c3O)C2C1. The molecule has 2 unspecified atom stereocenters. The molecule has 1 aromatic rings. The fourth-order valence-electron chi connectivity index (χ4n) is 2.84. The summed E-state index contributed by atoms with van der Waals surface area (Å²) in [6, 6.07) is 1.68. The van der Waals surface area contributed by atoms with Crippen LogP contribution in [0, 0.1) is 5.92 Å². The number of phenolic OH excluding ortho intramolecular Hbond substituents is 2. The van der Waals surface area contributed by atoms with E-state index in [2.05, 4.69) is 54.3 Å². The number of aromatic hydroxyl groups is 2. The first-order valence-electron chi connectivity index (χ1n) is 6.39. The predicted octanol–water partition coefficient (Wildman–Crippen LogP) is 2.57. The molecule has 2 atom stereocenters. The molecule has 0 aliphatic carbocycles. The van der Waals surface area contributed by atoms with Gasteiger partial charge in [0.05, 0.1) is 10.5 Å². The summed E-state index contributed by atoms with van der Waals surface area (Å²) in [6.45, 7) is 1.92.